The predicted molar refractivity (Wildman–Crippen MR) is 80.0 cm³/mol. The number of halogens is 1. The minimum atomic E-state index is -0.833. The second-order valence-electron chi connectivity index (χ2n) is 3.75. The third kappa shape index (κ3) is 13.0. The van der Waals surface area contributed by atoms with Gasteiger partial charge in [-0.1, -0.05) is 17.7 Å². The molecule has 0 amide bonds. The van der Waals surface area contributed by atoms with Gasteiger partial charge in [0.05, 0.1) is 0 Å². The van der Waals surface area contributed by atoms with Gasteiger partial charge in [-0.15, -0.1) is 0 Å². The molecule has 0 atom stereocenters. The van der Waals surface area contributed by atoms with Crippen LogP contribution in [0.4, 0.5) is 0 Å². The fraction of sp³-hybridized carbons (Fsp3) is 0.385. The number of benzene rings is 1. The maximum atomic E-state index is 9.00. The molecule has 0 unspecified atom stereocenters. The average molecular weight is 366 g/mol. The molecule has 18 heavy (non-hydrogen) atoms. The fourth-order valence-corrected chi connectivity index (χ4v) is 1.47. The Kier molecular flexibility index (Phi) is 10.6. The standard InChI is InChI=1S/C9H11I.2C2H4O2/c1-6-4-7(2)9(10)8(3)5-6;2*1-2(3)4/h4-5H,1-3H3;2*1H3,(H,3,4). The van der Waals surface area contributed by atoms with Crippen LogP contribution in [0, 0.1) is 24.3 Å². The SMILES string of the molecule is CC(=O)O.CC(=O)O.Cc1cc(C)c(I)c(C)c1. The van der Waals surface area contributed by atoms with E-state index < -0.39 is 11.9 Å². The lowest BCUT2D eigenvalue weighted by atomic mass is 10.1. The van der Waals surface area contributed by atoms with Gasteiger partial charge >= 0.3 is 0 Å². The van der Waals surface area contributed by atoms with E-state index in [4.69, 9.17) is 19.8 Å². The highest BCUT2D eigenvalue weighted by Gasteiger charge is 1.97. The summed E-state index contributed by atoms with van der Waals surface area (Å²) in [5.74, 6) is -1.67. The zero-order valence-electron chi connectivity index (χ0n) is 11.2. The van der Waals surface area contributed by atoms with Crippen molar-refractivity contribution >= 4 is 34.5 Å². The van der Waals surface area contributed by atoms with Gasteiger partial charge in [-0.3, -0.25) is 9.59 Å². The van der Waals surface area contributed by atoms with Crippen molar-refractivity contribution in [3.05, 3.63) is 32.4 Å². The highest BCUT2D eigenvalue weighted by Crippen LogP contribution is 2.17. The Labute approximate surface area is 121 Å². The monoisotopic (exact) mass is 366 g/mol. The summed E-state index contributed by atoms with van der Waals surface area (Å²) in [5.41, 5.74) is 4.13. The zero-order valence-corrected chi connectivity index (χ0v) is 13.4. The molecule has 102 valence electrons. The van der Waals surface area contributed by atoms with Crippen LogP contribution in [-0.2, 0) is 9.59 Å². The molecule has 0 saturated carbocycles. The van der Waals surface area contributed by atoms with Crippen molar-refractivity contribution < 1.29 is 19.8 Å². The Morgan fingerprint density at radius 3 is 1.39 bits per heavy atom. The van der Waals surface area contributed by atoms with Crippen LogP contribution in [0.15, 0.2) is 12.1 Å². The van der Waals surface area contributed by atoms with Crippen molar-refractivity contribution in [2.75, 3.05) is 0 Å². The van der Waals surface area contributed by atoms with Gasteiger partial charge in [-0.2, -0.15) is 0 Å². The average Bonchev–Trinajstić information content (AvgIpc) is 2.11. The first-order chi connectivity index (χ1) is 8.07. The van der Waals surface area contributed by atoms with Crippen LogP contribution in [0.1, 0.15) is 30.5 Å². The number of rotatable bonds is 0. The maximum absolute atomic E-state index is 9.00. The molecule has 0 saturated heterocycles. The molecule has 1 rings (SSSR count). The molecule has 0 spiro atoms. The van der Waals surface area contributed by atoms with E-state index in [1.807, 2.05) is 0 Å². The van der Waals surface area contributed by atoms with Crippen LogP contribution in [0.3, 0.4) is 0 Å². The van der Waals surface area contributed by atoms with E-state index in [0.717, 1.165) is 13.8 Å². The predicted octanol–water partition coefficient (Wildman–Crippen LogP) is 3.40. The highest BCUT2D eigenvalue weighted by atomic mass is 127. The Bertz CT molecular complexity index is 370. The summed E-state index contributed by atoms with van der Waals surface area (Å²) in [4.78, 5) is 18.0. The number of carboxylic acids is 2. The van der Waals surface area contributed by atoms with Gasteiger partial charge in [0.1, 0.15) is 0 Å². The van der Waals surface area contributed by atoms with E-state index in [0.29, 0.717) is 0 Å². The summed E-state index contributed by atoms with van der Waals surface area (Å²) in [7, 11) is 0. The van der Waals surface area contributed by atoms with Crippen LogP contribution in [0.25, 0.3) is 0 Å². The minimum absolute atomic E-state index is 0.833. The summed E-state index contributed by atoms with van der Waals surface area (Å²) in [6.07, 6.45) is 0. The molecule has 5 heteroatoms. The maximum Gasteiger partial charge on any atom is 0.300 e. The smallest absolute Gasteiger partial charge is 0.300 e. The summed E-state index contributed by atoms with van der Waals surface area (Å²) in [6, 6.07) is 4.43. The van der Waals surface area contributed by atoms with Gasteiger partial charge in [-0.05, 0) is 54.5 Å². The van der Waals surface area contributed by atoms with Gasteiger partial charge in [-0.25, -0.2) is 0 Å². The molecular weight excluding hydrogens is 347 g/mol. The number of carbonyl (C=O) groups is 2. The van der Waals surface area contributed by atoms with Gasteiger partial charge < -0.3 is 10.2 Å². The first-order valence-electron chi connectivity index (χ1n) is 5.20. The van der Waals surface area contributed by atoms with Crippen molar-refractivity contribution in [1.82, 2.24) is 0 Å². The molecule has 0 bridgehead atoms. The lowest BCUT2D eigenvalue weighted by Crippen LogP contribution is -1.86. The molecule has 0 radical (unpaired) electrons. The Morgan fingerprint density at radius 1 is 0.944 bits per heavy atom. The number of hydrogen-bond acceptors (Lipinski definition) is 2. The van der Waals surface area contributed by atoms with Crippen molar-refractivity contribution in [1.29, 1.82) is 0 Å². The van der Waals surface area contributed by atoms with E-state index in [1.54, 1.807) is 0 Å². The zero-order chi connectivity index (χ0) is 14.9. The molecule has 1 aromatic rings. The van der Waals surface area contributed by atoms with Crippen LogP contribution in [0.5, 0.6) is 0 Å². The molecule has 0 aromatic heterocycles. The highest BCUT2D eigenvalue weighted by molar-refractivity contribution is 14.1. The van der Waals surface area contributed by atoms with Crippen LogP contribution in [0.2, 0.25) is 0 Å². The summed E-state index contributed by atoms with van der Waals surface area (Å²) >= 11 is 2.39. The first kappa shape index (κ1) is 19.2. The molecule has 0 aliphatic rings. The molecule has 2 N–H and O–H groups in total. The second-order valence-corrected chi connectivity index (χ2v) is 4.83. The van der Waals surface area contributed by atoms with E-state index in [-0.39, 0.29) is 0 Å². The molecule has 0 aliphatic carbocycles. The van der Waals surface area contributed by atoms with E-state index >= 15 is 0 Å². The topological polar surface area (TPSA) is 74.6 Å². The molecule has 0 heterocycles. The normalized spacial score (nSPS) is 8.33. The lowest BCUT2D eigenvalue weighted by Gasteiger charge is -2.03. The minimum Gasteiger partial charge on any atom is -0.481 e. The second kappa shape index (κ2) is 9.87. The van der Waals surface area contributed by atoms with E-state index in [9.17, 15) is 0 Å². The van der Waals surface area contributed by atoms with Crippen LogP contribution in [-0.4, -0.2) is 22.2 Å². The number of aryl methyl sites for hydroxylation is 3. The molecule has 4 nitrogen and oxygen atoms in total. The molecule has 0 fully saturated rings. The van der Waals surface area contributed by atoms with Gasteiger partial charge in [0.25, 0.3) is 11.9 Å². The van der Waals surface area contributed by atoms with Crippen molar-refractivity contribution in [2.24, 2.45) is 0 Å². The quantitative estimate of drug-likeness (QED) is 0.691. The van der Waals surface area contributed by atoms with E-state index in [1.165, 1.54) is 20.3 Å². The molecular formula is C13H19IO4. The third-order valence-corrected chi connectivity index (χ3v) is 3.28. The van der Waals surface area contributed by atoms with E-state index in [2.05, 4.69) is 55.5 Å². The Balaban J connectivity index is 0. The van der Waals surface area contributed by atoms with Crippen LogP contribution >= 0.6 is 22.6 Å². The first-order valence-corrected chi connectivity index (χ1v) is 6.28. The Morgan fingerprint density at radius 2 is 1.17 bits per heavy atom. The summed E-state index contributed by atoms with van der Waals surface area (Å²) in [6.45, 7) is 8.61. The summed E-state index contributed by atoms with van der Waals surface area (Å²) in [5, 5.41) is 14.8. The fourth-order valence-electron chi connectivity index (χ4n) is 1.16. The van der Waals surface area contributed by atoms with Gasteiger partial charge in [0.15, 0.2) is 0 Å². The van der Waals surface area contributed by atoms with Crippen molar-refractivity contribution in [3.63, 3.8) is 0 Å². The van der Waals surface area contributed by atoms with Gasteiger partial charge in [0.2, 0.25) is 0 Å². The number of hydrogen-bond donors (Lipinski definition) is 2. The number of carboxylic acid groups (broad SMARTS) is 2. The summed E-state index contributed by atoms with van der Waals surface area (Å²) < 4.78 is 1.39. The molecule has 0 aliphatic heterocycles. The number of aliphatic carboxylic acids is 2. The molecule has 1 aromatic carbocycles. The van der Waals surface area contributed by atoms with Gasteiger partial charge in [0, 0.05) is 17.4 Å². The van der Waals surface area contributed by atoms with Crippen molar-refractivity contribution in [2.45, 2.75) is 34.6 Å². The third-order valence-electron chi connectivity index (χ3n) is 1.58. The Hall–Kier alpha value is -1.11. The lowest BCUT2D eigenvalue weighted by molar-refractivity contribution is -0.135. The van der Waals surface area contributed by atoms with Crippen LogP contribution < -0.4 is 0 Å². The largest absolute Gasteiger partial charge is 0.481 e. The van der Waals surface area contributed by atoms with Crippen molar-refractivity contribution in [3.8, 4) is 0 Å².